The van der Waals surface area contributed by atoms with Gasteiger partial charge in [-0.25, -0.2) is 4.18 Å². The molecule has 2 fully saturated rings. The molecule has 4 rings (SSSR count). The van der Waals surface area contributed by atoms with E-state index in [4.69, 9.17) is 8.74 Å². The van der Waals surface area contributed by atoms with Crippen LogP contribution in [0.3, 0.4) is 0 Å². The summed E-state index contributed by atoms with van der Waals surface area (Å²) in [5, 5.41) is 0. The maximum atomic E-state index is 12.4. The van der Waals surface area contributed by atoms with Crippen molar-refractivity contribution in [3.05, 3.63) is 23.3 Å². The van der Waals surface area contributed by atoms with Gasteiger partial charge in [-0.05, 0) is 50.4 Å². The van der Waals surface area contributed by atoms with E-state index in [0.717, 1.165) is 25.7 Å². The summed E-state index contributed by atoms with van der Waals surface area (Å²) < 4.78 is 35.8. The second-order valence-corrected chi connectivity index (χ2v) is 9.69. The lowest BCUT2D eigenvalue weighted by molar-refractivity contribution is -0.127. The van der Waals surface area contributed by atoms with E-state index in [2.05, 4.69) is 26.0 Å². The van der Waals surface area contributed by atoms with Crippen LogP contribution < -0.4 is 0 Å². The summed E-state index contributed by atoms with van der Waals surface area (Å²) in [5.74, 6) is 1.28. The van der Waals surface area contributed by atoms with Gasteiger partial charge < -0.3 is 0 Å². The van der Waals surface area contributed by atoms with E-state index in [1.165, 1.54) is 11.1 Å². The minimum atomic E-state index is -4.41. The second-order valence-electron chi connectivity index (χ2n) is 8.64. The second kappa shape index (κ2) is 5.51. The van der Waals surface area contributed by atoms with Gasteiger partial charge >= 0.3 is 10.4 Å². The summed E-state index contributed by atoms with van der Waals surface area (Å²) in [5.41, 5.74) is 2.42. The van der Waals surface area contributed by atoms with Crippen molar-refractivity contribution in [2.75, 3.05) is 0 Å². The van der Waals surface area contributed by atoms with Crippen LogP contribution in [0.1, 0.15) is 58.8 Å². The standard InChI is InChI=1S/C19H26O5S/c1-18-9-7-13(24-25(21,22)23)11-12(18)3-4-14-15-5-6-17(20)19(15,2)10-8-16(14)18/h3,8,13-15H,4-7,9-11H2,1-2H3,(H,21,22,23)/t13-,14-,15-,18-,19-/m0/s1. The van der Waals surface area contributed by atoms with E-state index < -0.39 is 16.5 Å². The van der Waals surface area contributed by atoms with Gasteiger partial charge in [-0.2, -0.15) is 8.42 Å². The molecule has 1 N–H and O–H groups in total. The van der Waals surface area contributed by atoms with Crippen LogP contribution in [0.15, 0.2) is 23.3 Å². The fourth-order valence-corrected chi connectivity index (χ4v) is 6.48. The van der Waals surface area contributed by atoms with E-state index in [9.17, 15) is 13.2 Å². The molecule has 0 spiro atoms. The number of Topliss-reactive ketones (excluding diaryl/α,β-unsaturated/α-hetero) is 1. The molecule has 25 heavy (non-hydrogen) atoms. The van der Waals surface area contributed by atoms with Crippen LogP contribution in [-0.4, -0.2) is 24.9 Å². The molecule has 5 nitrogen and oxygen atoms in total. The average Bonchev–Trinajstić information content (AvgIpc) is 2.82. The average molecular weight is 366 g/mol. The molecule has 138 valence electrons. The third kappa shape index (κ3) is 2.64. The first-order chi connectivity index (χ1) is 11.6. The number of rotatable bonds is 2. The third-order valence-corrected chi connectivity index (χ3v) is 7.92. The number of hydrogen-bond acceptors (Lipinski definition) is 4. The van der Waals surface area contributed by atoms with Crippen molar-refractivity contribution in [3.63, 3.8) is 0 Å². The van der Waals surface area contributed by atoms with Gasteiger partial charge in [0.15, 0.2) is 0 Å². The molecule has 0 amide bonds. The Balaban J connectivity index is 1.63. The first kappa shape index (κ1) is 17.4. The lowest BCUT2D eigenvalue weighted by atomic mass is 9.52. The predicted octanol–water partition coefficient (Wildman–Crippen LogP) is 3.63. The molecule has 4 aliphatic carbocycles. The van der Waals surface area contributed by atoms with E-state index in [1.807, 2.05) is 0 Å². The SMILES string of the molecule is C[C@]12CC[C@H](OS(=O)(=O)O)CC1=CC[C@@H]1C2=CC[C@]2(C)C(=O)CC[C@@H]12. The summed E-state index contributed by atoms with van der Waals surface area (Å²) in [7, 11) is -4.41. The van der Waals surface area contributed by atoms with E-state index in [1.54, 1.807) is 0 Å². The topological polar surface area (TPSA) is 80.7 Å². The van der Waals surface area contributed by atoms with Crippen molar-refractivity contribution in [3.8, 4) is 0 Å². The maximum absolute atomic E-state index is 12.4. The molecule has 5 atom stereocenters. The Morgan fingerprint density at radius 3 is 2.72 bits per heavy atom. The number of carbonyl (C=O) groups excluding carboxylic acids is 1. The number of hydrogen-bond donors (Lipinski definition) is 1. The smallest absolute Gasteiger partial charge is 0.299 e. The van der Waals surface area contributed by atoms with Crippen molar-refractivity contribution in [1.82, 2.24) is 0 Å². The Morgan fingerprint density at radius 2 is 2.00 bits per heavy atom. The minimum absolute atomic E-state index is 0.0606. The molecule has 6 heteroatoms. The zero-order chi connectivity index (χ0) is 18.0. The van der Waals surface area contributed by atoms with Crippen molar-refractivity contribution >= 4 is 16.2 Å². The fourth-order valence-electron chi connectivity index (χ4n) is 5.97. The quantitative estimate of drug-likeness (QED) is 0.596. The predicted molar refractivity (Wildman–Crippen MR) is 93.1 cm³/mol. The van der Waals surface area contributed by atoms with Crippen LogP contribution in [0.25, 0.3) is 0 Å². The Hall–Kier alpha value is -0.980. The molecule has 0 heterocycles. The molecule has 4 aliphatic rings. The van der Waals surface area contributed by atoms with Crippen LogP contribution in [0.4, 0.5) is 0 Å². The molecule has 0 saturated heterocycles. The van der Waals surface area contributed by atoms with E-state index >= 15 is 0 Å². The number of fused-ring (bicyclic) bond motifs is 5. The summed E-state index contributed by atoms with van der Waals surface area (Å²) in [4.78, 5) is 12.4. The highest BCUT2D eigenvalue weighted by Gasteiger charge is 2.55. The number of carbonyl (C=O) groups is 1. The van der Waals surface area contributed by atoms with Crippen LogP contribution in [-0.2, 0) is 19.4 Å². The molecule has 2 saturated carbocycles. The van der Waals surface area contributed by atoms with Crippen LogP contribution in [0.5, 0.6) is 0 Å². The fraction of sp³-hybridized carbons (Fsp3) is 0.737. The molecule has 0 unspecified atom stereocenters. The van der Waals surface area contributed by atoms with Crippen LogP contribution >= 0.6 is 0 Å². The zero-order valence-corrected chi connectivity index (χ0v) is 15.6. The molecule has 0 aromatic rings. The first-order valence-corrected chi connectivity index (χ1v) is 10.6. The van der Waals surface area contributed by atoms with Gasteiger partial charge in [-0.3, -0.25) is 9.35 Å². The zero-order valence-electron chi connectivity index (χ0n) is 14.8. The van der Waals surface area contributed by atoms with Crippen molar-refractivity contribution in [1.29, 1.82) is 0 Å². The monoisotopic (exact) mass is 366 g/mol. The Morgan fingerprint density at radius 1 is 1.24 bits per heavy atom. The molecule has 0 bridgehead atoms. The number of ketones is 1. The molecular formula is C19H26O5S. The highest BCUT2D eigenvalue weighted by molar-refractivity contribution is 7.80. The van der Waals surface area contributed by atoms with Gasteiger partial charge in [0.05, 0.1) is 6.10 Å². The molecule has 0 aromatic carbocycles. The lowest BCUT2D eigenvalue weighted by Crippen LogP contribution is -2.45. The largest absolute Gasteiger partial charge is 0.397 e. The molecule has 0 radical (unpaired) electrons. The van der Waals surface area contributed by atoms with Gasteiger partial charge in [0, 0.05) is 17.3 Å². The van der Waals surface area contributed by atoms with Gasteiger partial charge in [-0.1, -0.05) is 37.1 Å². The minimum Gasteiger partial charge on any atom is -0.299 e. The molecular weight excluding hydrogens is 340 g/mol. The van der Waals surface area contributed by atoms with E-state index in [0.29, 0.717) is 36.9 Å². The van der Waals surface area contributed by atoms with Crippen molar-refractivity contribution in [2.24, 2.45) is 22.7 Å². The van der Waals surface area contributed by atoms with E-state index in [-0.39, 0.29) is 10.8 Å². The Kier molecular flexibility index (Phi) is 3.84. The van der Waals surface area contributed by atoms with Crippen molar-refractivity contribution in [2.45, 2.75) is 64.9 Å². The summed E-state index contributed by atoms with van der Waals surface area (Å²) in [6, 6.07) is 0. The number of allylic oxidation sites excluding steroid dienone is 3. The summed E-state index contributed by atoms with van der Waals surface area (Å²) in [6.07, 6.45) is 9.49. The molecule has 0 aliphatic heterocycles. The van der Waals surface area contributed by atoms with Crippen molar-refractivity contribution < 1.29 is 21.9 Å². The lowest BCUT2D eigenvalue weighted by Gasteiger charge is -2.52. The Labute approximate surface area is 149 Å². The Bertz CT molecular complexity index is 780. The highest BCUT2D eigenvalue weighted by Crippen LogP contribution is 2.61. The van der Waals surface area contributed by atoms with Gasteiger partial charge in [0.1, 0.15) is 5.78 Å². The summed E-state index contributed by atoms with van der Waals surface area (Å²) >= 11 is 0. The van der Waals surface area contributed by atoms with Gasteiger partial charge in [0.2, 0.25) is 0 Å². The highest BCUT2D eigenvalue weighted by atomic mass is 32.3. The first-order valence-electron chi connectivity index (χ1n) is 9.22. The third-order valence-electron chi connectivity index (χ3n) is 7.40. The van der Waals surface area contributed by atoms with Crippen LogP contribution in [0.2, 0.25) is 0 Å². The van der Waals surface area contributed by atoms with Crippen LogP contribution in [0, 0.1) is 22.7 Å². The summed E-state index contributed by atoms with van der Waals surface area (Å²) in [6.45, 7) is 4.39. The van der Waals surface area contributed by atoms with Gasteiger partial charge in [0.25, 0.3) is 0 Å². The molecule has 0 aromatic heterocycles. The van der Waals surface area contributed by atoms with Gasteiger partial charge in [-0.15, -0.1) is 0 Å². The maximum Gasteiger partial charge on any atom is 0.397 e. The normalized spacial score (nSPS) is 43.6.